The van der Waals surface area contributed by atoms with Gasteiger partial charge in [-0.05, 0) is 52.9 Å². The fraction of sp³-hybridized carbons (Fsp3) is 0.500. The first-order valence-electron chi connectivity index (χ1n) is 6.45. The minimum atomic E-state index is 0.428. The van der Waals surface area contributed by atoms with E-state index in [1.165, 1.54) is 18.5 Å². The van der Waals surface area contributed by atoms with Gasteiger partial charge >= 0.3 is 0 Å². The zero-order valence-electron chi connectivity index (χ0n) is 11.1. The van der Waals surface area contributed by atoms with Gasteiger partial charge in [-0.2, -0.15) is 0 Å². The minimum absolute atomic E-state index is 0.428. The normalized spacial score (nSPS) is 16.6. The topological polar surface area (TPSA) is 38.5 Å². The van der Waals surface area contributed by atoms with Crippen LogP contribution in [0.3, 0.4) is 0 Å². The van der Waals surface area contributed by atoms with Crippen molar-refractivity contribution in [3.8, 4) is 0 Å². The molecule has 1 aliphatic heterocycles. The maximum absolute atomic E-state index is 5.67. The van der Waals surface area contributed by atoms with Crippen molar-refractivity contribution in [3.05, 3.63) is 28.2 Å². The highest BCUT2D eigenvalue weighted by Crippen LogP contribution is 2.28. The van der Waals surface area contributed by atoms with Gasteiger partial charge in [0.2, 0.25) is 0 Å². The molecule has 5 heteroatoms. The summed E-state index contributed by atoms with van der Waals surface area (Å²) in [5, 5.41) is 0. The predicted molar refractivity (Wildman–Crippen MR) is 86.8 cm³/mol. The first-order valence-corrected chi connectivity index (χ1v) is 7.65. The lowest BCUT2D eigenvalue weighted by Gasteiger charge is -2.33. The van der Waals surface area contributed by atoms with E-state index in [0.29, 0.717) is 10.9 Å². The van der Waals surface area contributed by atoms with Crippen LogP contribution in [0.2, 0.25) is 0 Å². The third-order valence-corrected chi connectivity index (χ3v) is 4.48. The third-order valence-electron chi connectivity index (χ3n) is 3.60. The van der Waals surface area contributed by atoms with Gasteiger partial charge in [0.1, 0.15) is 4.99 Å². The van der Waals surface area contributed by atoms with E-state index in [4.69, 9.17) is 22.7 Å². The molecular weight excluding hydrogens is 324 g/mol. The minimum Gasteiger partial charge on any atom is -0.389 e. The molecule has 1 heterocycles. The van der Waals surface area contributed by atoms with Gasteiger partial charge in [0.05, 0.1) is 0 Å². The van der Waals surface area contributed by atoms with E-state index in [1.807, 2.05) is 6.07 Å². The number of halogens is 1. The molecule has 0 bridgehead atoms. The van der Waals surface area contributed by atoms with Gasteiger partial charge < -0.3 is 15.4 Å². The Hall–Kier alpha value is -0.650. The maximum atomic E-state index is 5.67. The molecule has 0 unspecified atom stereocenters. The van der Waals surface area contributed by atoms with Crippen LogP contribution in [0.25, 0.3) is 0 Å². The average molecular weight is 343 g/mol. The number of anilines is 1. The van der Waals surface area contributed by atoms with Crippen LogP contribution in [0.5, 0.6) is 0 Å². The second-order valence-corrected chi connectivity index (χ2v) is 6.21. The van der Waals surface area contributed by atoms with Crippen LogP contribution < -0.4 is 10.6 Å². The summed E-state index contributed by atoms with van der Waals surface area (Å²) in [5.74, 6) is 0.695. The highest BCUT2D eigenvalue weighted by atomic mass is 79.9. The number of methoxy groups -OCH3 is 1. The van der Waals surface area contributed by atoms with Gasteiger partial charge in [-0.3, -0.25) is 0 Å². The van der Waals surface area contributed by atoms with Crippen LogP contribution in [-0.4, -0.2) is 31.8 Å². The zero-order valence-corrected chi connectivity index (χ0v) is 13.5. The van der Waals surface area contributed by atoms with E-state index >= 15 is 0 Å². The first kappa shape index (κ1) is 14.8. The smallest absolute Gasteiger partial charge is 0.105 e. The number of nitrogens with zero attached hydrogens (tertiary/aromatic N) is 1. The van der Waals surface area contributed by atoms with Crippen molar-refractivity contribution >= 4 is 38.8 Å². The molecule has 1 aromatic rings. The fourth-order valence-electron chi connectivity index (χ4n) is 2.49. The summed E-state index contributed by atoms with van der Waals surface area (Å²) >= 11 is 8.55. The van der Waals surface area contributed by atoms with E-state index in [0.717, 1.165) is 29.7 Å². The van der Waals surface area contributed by atoms with Crippen molar-refractivity contribution in [2.75, 3.05) is 31.7 Å². The third kappa shape index (κ3) is 3.68. The van der Waals surface area contributed by atoms with E-state index in [2.05, 4.69) is 33.0 Å². The van der Waals surface area contributed by atoms with E-state index in [1.54, 1.807) is 7.11 Å². The molecule has 0 atom stereocenters. The van der Waals surface area contributed by atoms with Crippen molar-refractivity contribution in [2.45, 2.75) is 12.8 Å². The molecule has 0 radical (unpaired) electrons. The summed E-state index contributed by atoms with van der Waals surface area (Å²) in [4.78, 5) is 2.83. The number of rotatable bonds is 4. The lowest BCUT2D eigenvalue weighted by Crippen LogP contribution is -2.35. The molecule has 0 amide bonds. The summed E-state index contributed by atoms with van der Waals surface area (Å²) < 4.78 is 6.20. The van der Waals surface area contributed by atoms with Crippen LogP contribution in [0.1, 0.15) is 18.4 Å². The molecule has 104 valence electrons. The highest BCUT2D eigenvalue weighted by molar-refractivity contribution is 9.10. The Bertz CT molecular complexity index is 459. The van der Waals surface area contributed by atoms with Crippen LogP contribution in [0.15, 0.2) is 22.7 Å². The lowest BCUT2D eigenvalue weighted by atomic mass is 9.97. The quantitative estimate of drug-likeness (QED) is 0.853. The molecule has 2 N–H and O–H groups in total. The van der Waals surface area contributed by atoms with E-state index in [-0.39, 0.29) is 0 Å². The SMILES string of the molecule is COCC1CCN(c2ccc(C(N)=S)c(Br)c2)CC1. The molecule has 3 nitrogen and oxygen atoms in total. The Morgan fingerprint density at radius 3 is 2.68 bits per heavy atom. The average Bonchev–Trinajstić information content (AvgIpc) is 2.39. The van der Waals surface area contributed by atoms with Crippen molar-refractivity contribution < 1.29 is 4.74 Å². The summed E-state index contributed by atoms with van der Waals surface area (Å²) in [6.07, 6.45) is 2.37. The molecule has 0 saturated carbocycles. The van der Waals surface area contributed by atoms with E-state index in [9.17, 15) is 0 Å². The van der Waals surface area contributed by atoms with Crippen molar-refractivity contribution in [1.82, 2.24) is 0 Å². The number of ether oxygens (including phenoxy) is 1. The Morgan fingerprint density at radius 2 is 2.16 bits per heavy atom. The number of thiocarbonyl (C=S) groups is 1. The van der Waals surface area contributed by atoms with Crippen molar-refractivity contribution in [1.29, 1.82) is 0 Å². The summed E-state index contributed by atoms with van der Waals surface area (Å²) in [5.41, 5.74) is 7.79. The van der Waals surface area contributed by atoms with Gasteiger partial charge in [-0.25, -0.2) is 0 Å². The van der Waals surface area contributed by atoms with Crippen molar-refractivity contribution in [3.63, 3.8) is 0 Å². The summed E-state index contributed by atoms with van der Waals surface area (Å²) in [7, 11) is 1.78. The molecule has 0 spiro atoms. The number of hydrogen-bond acceptors (Lipinski definition) is 3. The maximum Gasteiger partial charge on any atom is 0.105 e. The van der Waals surface area contributed by atoms with Gasteiger partial charge in [0.15, 0.2) is 0 Å². The number of hydrogen-bond donors (Lipinski definition) is 1. The Kier molecular flexibility index (Phi) is 5.19. The predicted octanol–water partition coefficient (Wildman–Crippen LogP) is 2.95. The van der Waals surface area contributed by atoms with E-state index < -0.39 is 0 Å². The summed E-state index contributed by atoms with van der Waals surface area (Å²) in [6.45, 7) is 3.03. The molecule has 0 aliphatic carbocycles. The zero-order chi connectivity index (χ0) is 13.8. The Morgan fingerprint density at radius 1 is 1.47 bits per heavy atom. The highest BCUT2D eigenvalue weighted by Gasteiger charge is 2.19. The van der Waals surface area contributed by atoms with Crippen LogP contribution >= 0.6 is 28.1 Å². The first-order chi connectivity index (χ1) is 9.11. The molecule has 19 heavy (non-hydrogen) atoms. The van der Waals surface area contributed by atoms with Gasteiger partial charge in [-0.15, -0.1) is 0 Å². The second kappa shape index (κ2) is 6.68. The Labute approximate surface area is 128 Å². The summed E-state index contributed by atoms with van der Waals surface area (Å²) in [6, 6.07) is 6.18. The van der Waals surface area contributed by atoms with Gasteiger partial charge in [-0.1, -0.05) is 12.2 Å². The standard InChI is InChI=1S/C14H19BrN2OS/c1-18-9-10-4-6-17(7-5-10)11-2-3-12(14(16)19)13(15)8-11/h2-3,8,10H,4-7,9H2,1H3,(H2,16,19). The lowest BCUT2D eigenvalue weighted by molar-refractivity contribution is 0.139. The molecular formula is C14H19BrN2OS. The number of benzene rings is 1. The molecule has 2 rings (SSSR count). The fourth-order valence-corrected chi connectivity index (χ4v) is 3.38. The molecule has 0 aromatic heterocycles. The number of nitrogens with two attached hydrogens (primary N) is 1. The number of piperidine rings is 1. The Balaban J connectivity index is 2.04. The second-order valence-electron chi connectivity index (χ2n) is 4.91. The van der Waals surface area contributed by atoms with Crippen LogP contribution in [-0.2, 0) is 4.74 Å². The monoisotopic (exact) mass is 342 g/mol. The molecule has 1 aliphatic rings. The van der Waals surface area contributed by atoms with Gasteiger partial charge in [0.25, 0.3) is 0 Å². The molecule has 1 fully saturated rings. The molecule has 1 aromatic carbocycles. The van der Waals surface area contributed by atoms with Crippen LogP contribution in [0, 0.1) is 5.92 Å². The van der Waals surface area contributed by atoms with Crippen molar-refractivity contribution in [2.24, 2.45) is 11.7 Å². The van der Waals surface area contributed by atoms with Crippen LogP contribution in [0.4, 0.5) is 5.69 Å². The van der Waals surface area contributed by atoms with Gasteiger partial charge in [0, 0.05) is 42.5 Å². The molecule has 1 saturated heterocycles. The largest absolute Gasteiger partial charge is 0.389 e.